The summed E-state index contributed by atoms with van der Waals surface area (Å²) in [6.07, 6.45) is 0.514. The van der Waals surface area contributed by atoms with E-state index >= 15 is 0 Å². The summed E-state index contributed by atoms with van der Waals surface area (Å²) in [7, 11) is 0. The maximum absolute atomic E-state index is 12.3. The molecule has 5 nitrogen and oxygen atoms in total. The van der Waals surface area contributed by atoms with E-state index in [9.17, 15) is 18.0 Å². The molecule has 1 aromatic carbocycles. The van der Waals surface area contributed by atoms with E-state index < -0.39 is 11.4 Å². The molecule has 1 heterocycles. The average molecular weight is 317 g/mol. The lowest BCUT2D eigenvalue weighted by molar-refractivity contribution is -0.0328. The quantitative estimate of drug-likeness (QED) is 0.874. The second kappa shape index (κ2) is 6.17. The normalized spacial score (nSPS) is 11.4. The predicted octanol–water partition coefficient (Wildman–Crippen LogP) is 3.50. The number of hydrogen-bond donors (Lipinski definition) is 1. The van der Waals surface area contributed by atoms with E-state index in [0.717, 1.165) is 6.07 Å². The van der Waals surface area contributed by atoms with Crippen molar-refractivity contribution in [3.63, 3.8) is 0 Å². The van der Waals surface area contributed by atoms with Gasteiger partial charge in [0.05, 0.1) is 0 Å². The number of carbonyl (C=O) groups is 1. The maximum atomic E-state index is 12.3. The number of rotatable bonds is 4. The lowest BCUT2D eigenvalue weighted by Gasteiger charge is -2.06. The molecule has 1 aromatic heterocycles. The molecule has 1 amide bonds. The topological polar surface area (TPSA) is 68.0 Å². The second-order valence-electron chi connectivity index (χ2n) is 3.88. The van der Waals surface area contributed by atoms with Gasteiger partial charge >= 0.3 is 11.5 Å². The number of nitrogens with one attached hydrogen (secondary N) is 1. The Kier molecular flexibility index (Phi) is 4.51. The smallest absolute Gasteiger partial charge is 0.408 e. The molecule has 2 aromatic rings. The number of aryl methyl sites for hydroxylation is 1. The van der Waals surface area contributed by atoms with Gasteiger partial charge in [0.2, 0.25) is 5.89 Å². The zero-order valence-corrected chi connectivity index (χ0v) is 11.6. The molecular formula is C12H10F3N3O2S. The maximum Gasteiger partial charge on any atom is 0.446 e. The molecule has 0 aliphatic rings. The molecule has 0 unspecified atom stereocenters. The summed E-state index contributed by atoms with van der Waals surface area (Å²) < 4.78 is 42.0. The Hall–Kier alpha value is -2.03. The van der Waals surface area contributed by atoms with Crippen molar-refractivity contribution in [2.45, 2.75) is 23.7 Å². The van der Waals surface area contributed by atoms with Gasteiger partial charge in [0.15, 0.2) is 0 Å². The summed E-state index contributed by atoms with van der Waals surface area (Å²) in [5.41, 5.74) is -4.34. The number of thioether (sulfide) groups is 1. The Bertz CT molecular complexity index is 643. The number of halogens is 3. The van der Waals surface area contributed by atoms with Crippen molar-refractivity contribution in [1.82, 2.24) is 10.2 Å². The van der Waals surface area contributed by atoms with Crippen LogP contribution in [0.15, 0.2) is 33.6 Å². The van der Waals surface area contributed by atoms with Crippen LogP contribution in [0.4, 0.5) is 19.2 Å². The first kappa shape index (κ1) is 15.4. The van der Waals surface area contributed by atoms with E-state index in [2.05, 4.69) is 15.5 Å². The molecule has 21 heavy (non-hydrogen) atoms. The Morgan fingerprint density at radius 2 is 2.14 bits per heavy atom. The first-order valence-corrected chi connectivity index (χ1v) is 6.68. The van der Waals surface area contributed by atoms with Crippen LogP contribution < -0.4 is 5.32 Å². The Balaban J connectivity index is 2.10. The zero-order chi connectivity index (χ0) is 15.5. The van der Waals surface area contributed by atoms with E-state index in [1.165, 1.54) is 18.2 Å². The fourth-order valence-corrected chi connectivity index (χ4v) is 2.05. The van der Waals surface area contributed by atoms with Crippen LogP contribution in [0.1, 0.15) is 23.2 Å². The van der Waals surface area contributed by atoms with E-state index in [0.29, 0.717) is 12.3 Å². The van der Waals surface area contributed by atoms with Crippen molar-refractivity contribution < 1.29 is 22.4 Å². The highest BCUT2D eigenvalue weighted by Crippen LogP contribution is 2.36. The summed E-state index contributed by atoms with van der Waals surface area (Å²) in [5.74, 6) is -0.266. The average Bonchev–Trinajstić information content (AvgIpc) is 2.84. The molecule has 2 rings (SSSR count). The van der Waals surface area contributed by atoms with Gasteiger partial charge in [-0.25, -0.2) is 0 Å². The van der Waals surface area contributed by atoms with E-state index in [1.807, 2.05) is 0 Å². The number of benzene rings is 1. The molecule has 0 spiro atoms. The fraction of sp³-hybridized carbons (Fsp3) is 0.250. The fourth-order valence-electron chi connectivity index (χ4n) is 1.45. The van der Waals surface area contributed by atoms with Crippen LogP contribution in [0.5, 0.6) is 0 Å². The van der Waals surface area contributed by atoms with Crippen LogP contribution in [0.2, 0.25) is 0 Å². The van der Waals surface area contributed by atoms with Crippen LogP contribution in [0.25, 0.3) is 0 Å². The van der Waals surface area contributed by atoms with Gasteiger partial charge in [-0.2, -0.15) is 13.2 Å². The van der Waals surface area contributed by atoms with E-state index in [4.69, 9.17) is 4.42 Å². The van der Waals surface area contributed by atoms with Crippen LogP contribution in [-0.4, -0.2) is 21.6 Å². The third kappa shape index (κ3) is 4.48. The minimum atomic E-state index is -4.41. The molecule has 0 bridgehead atoms. The Morgan fingerprint density at radius 3 is 2.76 bits per heavy atom. The van der Waals surface area contributed by atoms with Crippen LogP contribution in [0, 0.1) is 0 Å². The SMILES string of the molecule is CCc1nnc(NC(=O)c2cccc(SC(F)(F)F)c2)o1. The number of anilines is 1. The zero-order valence-electron chi connectivity index (χ0n) is 10.8. The van der Waals surface area contributed by atoms with Crippen molar-refractivity contribution >= 4 is 23.7 Å². The lowest BCUT2D eigenvalue weighted by atomic mass is 10.2. The number of alkyl halides is 3. The second-order valence-corrected chi connectivity index (χ2v) is 5.02. The summed E-state index contributed by atoms with van der Waals surface area (Å²) in [6, 6.07) is 5.09. The standard InChI is InChI=1S/C12H10F3N3O2S/c1-2-9-17-18-11(20-9)16-10(19)7-4-3-5-8(6-7)21-12(13,14)15/h3-6H,2H2,1H3,(H,16,18,19). The van der Waals surface area contributed by atoms with Gasteiger partial charge < -0.3 is 4.42 Å². The largest absolute Gasteiger partial charge is 0.446 e. The number of carbonyl (C=O) groups excluding carboxylic acids is 1. The van der Waals surface area contributed by atoms with Gasteiger partial charge in [-0.15, -0.1) is 5.10 Å². The number of nitrogens with zero attached hydrogens (tertiary/aromatic N) is 2. The number of amides is 1. The molecule has 0 saturated heterocycles. The highest BCUT2D eigenvalue weighted by molar-refractivity contribution is 8.00. The van der Waals surface area contributed by atoms with Crippen molar-refractivity contribution in [2.75, 3.05) is 5.32 Å². The number of aromatic nitrogens is 2. The molecule has 9 heteroatoms. The molecule has 0 atom stereocenters. The third-order valence-corrected chi connectivity index (χ3v) is 3.04. The van der Waals surface area contributed by atoms with Gasteiger partial charge in [-0.3, -0.25) is 10.1 Å². The Labute approximate surface area is 121 Å². The summed E-state index contributed by atoms with van der Waals surface area (Å²) >= 11 is -0.285. The summed E-state index contributed by atoms with van der Waals surface area (Å²) in [6.45, 7) is 1.80. The summed E-state index contributed by atoms with van der Waals surface area (Å²) in [4.78, 5) is 11.8. The van der Waals surface area contributed by atoms with Gasteiger partial charge in [-0.05, 0) is 30.0 Å². The minimum Gasteiger partial charge on any atom is -0.408 e. The molecule has 0 aliphatic heterocycles. The first-order chi connectivity index (χ1) is 9.87. The molecular weight excluding hydrogens is 307 g/mol. The molecule has 0 radical (unpaired) electrons. The van der Waals surface area contributed by atoms with E-state index in [-0.39, 0.29) is 28.2 Å². The molecule has 112 valence electrons. The molecule has 0 saturated carbocycles. The Morgan fingerprint density at radius 1 is 1.38 bits per heavy atom. The number of hydrogen-bond acceptors (Lipinski definition) is 5. The van der Waals surface area contributed by atoms with E-state index in [1.54, 1.807) is 6.92 Å². The highest BCUT2D eigenvalue weighted by Gasteiger charge is 2.29. The lowest BCUT2D eigenvalue weighted by Crippen LogP contribution is -2.12. The van der Waals surface area contributed by atoms with Gasteiger partial charge in [0, 0.05) is 16.9 Å². The molecule has 0 fully saturated rings. The minimum absolute atomic E-state index is 0.0699. The molecule has 0 aliphatic carbocycles. The van der Waals surface area contributed by atoms with Crippen molar-refractivity contribution in [3.8, 4) is 0 Å². The van der Waals surface area contributed by atoms with Crippen LogP contribution in [0.3, 0.4) is 0 Å². The molecule has 1 N–H and O–H groups in total. The van der Waals surface area contributed by atoms with Crippen molar-refractivity contribution in [2.24, 2.45) is 0 Å². The van der Waals surface area contributed by atoms with Crippen molar-refractivity contribution in [3.05, 3.63) is 35.7 Å². The van der Waals surface area contributed by atoms with Gasteiger partial charge in [0.1, 0.15) is 0 Å². The third-order valence-electron chi connectivity index (χ3n) is 2.32. The monoisotopic (exact) mass is 317 g/mol. The summed E-state index contributed by atoms with van der Waals surface area (Å²) in [5, 5.41) is 9.60. The van der Waals surface area contributed by atoms with Crippen molar-refractivity contribution in [1.29, 1.82) is 0 Å². The van der Waals surface area contributed by atoms with Crippen LogP contribution >= 0.6 is 11.8 Å². The first-order valence-electron chi connectivity index (χ1n) is 5.87. The van der Waals surface area contributed by atoms with Crippen LogP contribution in [-0.2, 0) is 6.42 Å². The van der Waals surface area contributed by atoms with Gasteiger partial charge in [-0.1, -0.05) is 18.1 Å². The highest BCUT2D eigenvalue weighted by atomic mass is 32.2. The van der Waals surface area contributed by atoms with Gasteiger partial charge in [0.25, 0.3) is 5.91 Å². The predicted molar refractivity (Wildman–Crippen MR) is 70.0 cm³/mol.